The van der Waals surface area contributed by atoms with Gasteiger partial charge in [-0.05, 0) is 51.6 Å². The first kappa shape index (κ1) is 14.5. The Bertz CT molecular complexity index is 539. The van der Waals surface area contributed by atoms with Crippen LogP contribution in [-0.4, -0.2) is 47.9 Å². The number of hydrogen-bond donors (Lipinski definition) is 1. The highest BCUT2D eigenvalue weighted by Crippen LogP contribution is 2.46. The molecule has 0 bridgehead atoms. The van der Waals surface area contributed by atoms with Crippen LogP contribution in [0.15, 0.2) is 24.3 Å². The van der Waals surface area contributed by atoms with E-state index in [2.05, 4.69) is 17.1 Å². The Hall–Kier alpha value is -1.46. The molecular formula is C16H22FN3O. The third kappa shape index (κ3) is 2.56. The van der Waals surface area contributed by atoms with Crippen molar-refractivity contribution in [1.82, 2.24) is 15.1 Å². The molecule has 21 heavy (non-hydrogen) atoms. The van der Waals surface area contributed by atoms with Gasteiger partial charge in [-0.15, -0.1) is 0 Å². The second-order valence-electron chi connectivity index (χ2n) is 6.50. The summed E-state index contributed by atoms with van der Waals surface area (Å²) in [6.07, 6.45) is 1.64. The van der Waals surface area contributed by atoms with Crippen LogP contribution < -0.4 is 5.32 Å². The van der Waals surface area contributed by atoms with E-state index in [1.54, 1.807) is 12.1 Å². The SMILES string of the molecule is CC(CN(C)C)N1C(=O)C2(CC2)NC1c1ccc(F)cc1. The zero-order valence-corrected chi connectivity index (χ0v) is 12.8. The van der Waals surface area contributed by atoms with Gasteiger partial charge in [-0.2, -0.15) is 0 Å². The predicted octanol–water partition coefficient (Wildman–Crippen LogP) is 1.74. The van der Waals surface area contributed by atoms with Crippen LogP contribution in [0.3, 0.4) is 0 Å². The number of nitrogens with zero attached hydrogens (tertiary/aromatic N) is 2. The quantitative estimate of drug-likeness (QED) is 0.918. The Morgan fingerprint density at radius 1 is 1.38 bits per heavy atom. The molecule has 1 spiro atoms. The molecule has 2 unspecified atom stereocenters. The number of rotatable bonds is 4. The summed E-state index contributed by atoms with van der Waals surface area (Å²) in [7, 11) is 4.01. The minimum Gasteiger partial charge on any atom is -0.317 e. The van der Waals surface area contributed by atoms with E-state index >= 15 is 0 Å². The van der Waals surface area contributed by atoms with Crippen molar-refractivity contribution < 1.29 is 9.18 Å². The first-order valence-corrected chi connectivity index (χ1v) is 7.44. The summed E-state index contributed by atoms with van der Waals surface area (Å²) >= 11 is 0. The lowest BCUT2D eigenvalue weighted by atomic mass is 10.1. The zero-order chi connectivity index (χ0) is 15.2. The fourth-order valence-electron chi connectivity index (χ4n) is 3.20. The van der Waals surface area contributed by atoms with E-state index in [-0.39, 0.29) is 29.5 Å². The maximum absolute atomic E-state index is 13.1. The third-order valence-electron chi connectivity index (χ3n) is 4.38. The molecule has 2 fully saturated rings. The van der Waals surface area contributed by atoms with Crippen LogP contribution in [0, 0.1) is 5.82 Å². The molecule has 1 amide bonds. The van der Waals surface area contributed by atoms with Crippen molar-refractivity contribution in [3.63, 3.8) is 0 Å². The molecule has 2 atom stereocenters. The number of hydrogen-bond acceptors (Lipinski definition) is 3. The van der Waals surface area contributed by atoms with Crippen LogP contribution in [0.4, 0.5) is 4.39 Å². The smallest absolute Gasteiger partial charge is 0.244 e. The van der Waals surface area contributed by atoms with E-state index in [4.69, 9.17) is 0 Å². The molecule has 0 radical (unpaired) electrons. The van der Waals surface area contributed by atoms with Gasteiger partial charge >= 0.3 is 0 Å². The summed E-state index contributed by atoms with van der Waals surface area (Å²) in [5.74, 6) is -0.0664. The van der Waals surface area contributed by atoms with Crippen molar-refractivity contribution in [2.75, 3.05) is 20.6 Å². The summed E-state index contributed by atoms with van der Waals surface area (Å²) < 4.78 is 13.1. The van der Waals surface area contributed by atoms with Crippen LogP contribution in [0.5, 0.6) is 0 Å². The summed E-state index contributed by atoms with van der Waals surface area (Å²) in [5, 5.41) is 3.47. The van der Waals surface area contributed by atoms with Gasteiger partial charge in [0.15, 0.2) is 0 Å². The number of amides is 1. The van der Waals surface area contributed by atoms with Gasteiger partial charge < -0.3 is 9.80 Å². The molecule has 1 heterocycles. The summed E-state index contributed by atoms with van der Waals surface area (Å²) in [6.45, 7) is 2.87. The number of halogens is 1. The van der Waals surface area contributed by atoms with E-state index in [0.717, 1.165) is 24.9 Å². The van der Waals surface area contributed by atoms with Crippen molar-refractivity contribution in [3.8, 4) is 0 Å². The molecule has 5 heteroatoms. The zero-order valence-electron chi connectivity index (χ0n) is 12.8. The lowest BCUT2D eigenvalue weighted by Gasteiger charge is -2.32. The molecule has 1 aromatic carbocycles. The van der Waals surface area contributed by atoms with Gasteiger partial charge in [-0.3, -0.25) is 10.1 Å². The van der Waals surface area contributed by atoms with Crippen molar-refractivity contribution in [3.05, 3.63) is 35.6 Å². The Morgan fingerprint density at radius 3 is 2.52 bits per heavy atom. The molecule has 3 rings (SSSR count). The monoisotopic (exact) mass is 291 g/mol. The van der Waals surface area contributed by atoms with Crippen LogP contribution in [0.2, 0.25) is 0 Å². The molecule has 1 aliphatic carbocycles. The third-order valence-corrected chi connectivity index (χ3v) is 4.38. The van der Waals surface area contributed by atoms with Crippen LogP contribution in [0.1, 0.15) is 31.5 Å². The van der Waals surface area contributed by atoms with Gasteiger partial charge in [0, 0.05) is 12.6 Å². The molecule has 114 valence electrons. The lowest BCUT2D eigenvalue weighted by Crippen LogP contribution is -2.44. The topological polar surface area (TPSA) is 35.6 Å². The fraction of sp³-hybridized carbons (Fsp3) is 0.562. The lowest BCUT2D eigenvalue weighted by molar-refractivity contribution is -0.133. The molecule has 4 nitrogen and oxygen atoms in total. The second-order valence-corrected chi connectivity index (χ2v) is 6.50. The molecule has 1 aromatic rings. The molecule has 0 aromatic heterocycles. The minimum atomic E-state index is -0.361. The van der Waals surface area contributed by atoms with Crippen LogP contribution in [0.25, 0.3) is 0 Å². The van der Waals surface area contributed by atoms with E-state index in [1.165, 1.54) is 12.1 Å². The van der Waals surface area contributed by atoms with Crippen LogP contribution in [-0.2, 0) is 4.79 Å². The van der Waals surface area contributed by atoms with E-state index < -0.39 is 0 Å². The first-order chi connectivity index (χ1) is 9.93. The predicted molar refractivity (Wildman–Crippen MR) is 79.1 cm³/mol. The highest BCUT2D eigenvalue weighted by Gasteiger charge is 2.60. The number of carbonyl (C=O) groups excluding carboxylic acids is 1. The molecule has 1 saturated heterocycles. The molecular weight excluding hydrogens is 269 g/mol. The fourth-order valence-corrected chi connectivity index (χ4v) is 3.20. The molecule has 2 aliphatic rings. The normalized spacial score (nSPS) is 24.9. The minimum absolute atomic E-state index is 0.107. The van der Waals surface area contributed by atoms with Gasteiger partial charge in [0.05, 0.1) is 0 Å². The van der Waals surface area contributed by atoms with Gasteiger partial charge in [0.1, 0.15) is 17.5 Å². The van der Waals surface area contributed by atoms with Crippen molar-refractivity contribution in [2.45, 2.75) is 37.5 Å². The Labute approximate surface area is 124 Å². The van der Waals surface area contributed by atoms with Gasteiger partial charge in [-0.1, -0.05) is 12.1 Å². The Morgan fingerprint density at radius 2 is 2.00 bits per heavy atom. The number of nitrogens with one attached hydrogen (secondary N) is 1. The number of benzene rings is 1. The number of likely N-dealkylation sites (N-methyl/N-ethyl adjacent to an activating group) is 1. The van der Waals surface area contributed by atoms with E-state index in [1.807, 2.05) is 19.0 Å². The van der Waals surface area contributed by atoms with Crippen molar-refractivity contribution in [2.24, 2.45) is 0 Å². The Kier molecular flexibility index (Phi) is 3.50. The van der Waals surface area contributed by atoms with Crippen molar-refractivity contribution in [1.29, 1.82) is 0 Å². The highest BCUT2D eigenvalue weighted by atomic mass is 19.1. The summed E-state index contributed by atoms with van der Waals surface area (Å²) in [6, 6.07) is 6.53. The standard InChI is InChI=1S/C16H22FN3O/c1-11(10-19(2)3)20-14(12-4-6-13(17)7-5-12)18-16(8-9-16)15(20)21/h4-7,11,14,18H,8-10H2,1-3H3. The maximum atomic E-state index is 13.1. The highest BCUT2D eigenvalue weighted by molar-refractivity contribution is 5.92. The van der Waals surface area contributed by atoms with E-state index in [9.17, 15) is 9.18 Å². The van der Waals surface area contributed by atoms with Gasteiger partial charge in [0.25, 0.3) is 0 Å². The maximum Gasteiger partial charge on any atom is 0.244 e. The molecule has 1 saturated carbocycles. The molecule has 1 N–H and O–H groups in total. The van der Waals surface area contributed by atoms with Crippen molar-refractivity contribution >= 4 is 5.91 Å². The second kappa shape index (κ2) is 5.07. The molecule has 1 aliphatic heterocycles. The Balaban J connectivity index is 1.89. The number of carbonyl (C=O) groups is 1. The first-order valence-electron chi connectivity index (χ1n) is 7.44. The average Bonchev–Trinajstić information content (AvgIpc) is 3.12. The summed E-state index contributed by atoms with van der Waals surface area (Å²) in [5.41, 5.74) is 0.582. The largest absolute Gasteiger partial charge is 0.317 e. The van der Waals surface area contributed by atoms with Gasteiger partial charge in [0.2, 0.25) is 5.91 Å². The van der Waals surface area contributed by atoms with E-state index in [0.29, 0.717) is 0 Å². The van der Waals surface area contributed by atoms with Crippen LogP contribution >= 0.6 is 0 Å². The summed E-state index contributed by atoms with van der Waals surface area (Å²) in [4.78, 5) is 16.7. The average molecular weight is 291 g/mol. The van der Waals surface area contributed by atoms with Gasteiger partial charge in [-0.25, -0.2) is 4.39 Å².